The molecule has 0 bridgehead atoms. The SMILES string of the molecule is CC(CC(C)=Nc1c(C(C)C)cccc1C(C)C)=NCCN(C)CCN(C)C. The van der Waals surface area contributed by atoms with Crippen LogP contribution >= 0.6 is 0 Å². The normalized spacial score (nSPS) is 13.5. The van der Waals surface area contributed by atoms with E-state index in [1.54, 1.807) is 0 Å². The summed E-state index contributed by atoms with van der Waals surface area (Å²) in [7, 11) is 6.39. The van der Waals surface area contributed by atoms with Crippen molar-refractivity contribution in [1.82, 2.24) is 9.80 Å². The number of para-hydroxylation sites is 1. The summed E-state index contributed by atoms with van der Waals surface area (Å²) < 4.78 is 0. The first-order valence-corrected chi connectivity index (χ1v) is 10.6. The van der Waals surface area contributed by atoms with Crippen molar-refractivity contribution in [2.45, 2.75) is 59.8 Å². The molecular formula is C24H42N4. The minimum atomic E-state index is 0.470. The summed E-state index contributed by atoms with van der Waals surface area (Å²) in [6, 6.07) is 6.60. The number of rotatable bonds is 11. The molecule has 1 aromatic carbocycles. The fraction of sp³-hybridized carbons (Fsp3) is 0.667. The molecule has 0 aliphatic heterocycles. The molecule has 0 saturated heterocycles. The summed E-state index contributed by atoms with van der Waals surface area (Å²) in [6.07, 6.45) is 0.839. The van der Waals surface area contributed by atoms with E-state index in [-0.39, 0.29) is 0 Å². The molecule has 0 radical (unpaired) electrons. The third-order valence-electron chi connectivity index (χ3n) is 4.95. The summed E-state index contributed by atoms with van der Waals surface area (Å²) >= 11 is 0. The first kappa shape index (κ1) is 24.5. The summed E-state index contributed by atoms with van der Waals surface area (Å²) in [6.45, 7) is 17.2. The first-order chi connectivity index (χ1) is 13.1. The predicted octanol–water partition coefficient (Wildman–Crippen LogP) is 5.37. The quantitative estimate of drug-likeness (QED) is 0.479. The second-order valence-corrected chi connectivity index (χ2v) is 8.84. The Labute approximate surface area is 173 Å². The number of hydrogen-bond donors (Lipinski definition) is 0. The first-order valence-electron chi connectivity index (χ1n) is 10.6. The van der Waals surface area contributed by atoms with Crippen molar-refractivity contribution in [2.75, 3.05) is 47.3 Å². The Kier molecular flexibility index (Phi) is 10.6. The number of aliphatic imine (C=N–C) groups is 2. The minimum Gasteiger partial charge on any atom is -0.308 e. The zero-order valence-corrected chi connectivity index (χ0v) is 19.7. The fourth-order valence-electron chi connectivity index (χ4n) is 3.19. The van der Waals surface area contributed by atoms with Crippen molar-refractivity contribution >= 4 is 17.1 Å². The van der Waals surface area contributed by atoms with Crippen molar-refractivity contribution in [3.63, 3.8) is 0 Å². The van der Waals surface area contributed by atoms with Crippen LogP contribution in [0.5, 0.6) is 0 Å². The van der Waals surface area contributed by atoms with Crippen LogP contribution in [0, 0.1) is 0 Å². The third-order valence-corrected chi connectivity index (χ3v) is 4.95. The Hall–Kier alpha value is -1.52. The molecule has 4 nitrogen and oxygen atoms in total. The summed E-state index contributed by atoms with van der Waals surface area (Å²) in [5, 5.41) is 0. The Balaban J connectivity index is 2.79. The van der Waals surface area contributed by atoms with E-state index in [4.69, 9.17) is 9.98 Å². The number of hydrogen-bond acceptors (Lipinski definition) is 4. The van der Waals surface area contributed by atoms with Gasteiger partial charge in [-0.15, -0.1) is 0 Å². The Morgan fingerprint density at radius 2 is 1.43 bits per heavy atom. The minimum absolute atomic E-state index is 0.470. The topological polar surface area (TPSA) is 31.2 Å². The maximum atomic E-state index is 5.05. The lowest BCUT2D eigenvalue weighted by molar-refractivity contribution is 0.288. The summed E-state index contributed by atoms with van der Waals surface area (Å²) in [5.74, 6) is 0.940. The average molecular weight is 387 g/mol. The van der Waals surface area contributed by atoms with Crippen LogP contribution in [0.25, 0.3) is 0 Å². The van der Waals surface area contributed by atoms with E-state index in [0.717, 1.165) is 44.0 Å². The van der Waals surface area contributed by atoms with Crippen LogP contribution in [0.4, 0.5) is 5.69 Å². The largest absolute Gasteiger partial charge is 0.308 e. The molecule has 1 aromatic rings. The van der Waals surface area contributed by atoms with E-state index in [1.165, 1.54) is 16.8 Å². The smallest absolute Gasteiger partial charge is 0.0698 e. The molecule has 0 spiro atoms. The Bertz CT molecular complexity index is 630. The summed E-state index contributed by atoms with van der Waals surface area (Å²) in [5.41, 5.74) is 6.14. The highest BCUT2D eigenvalue weighted by atomic mass is 15.2. The molecule has 0 unspecified atom stereocenters. The lowest BCUT2D eigenvalue weighted by atomic mass is 9.93. The zero-order valence-electron chi connectivity index (χ0n) is 19.7. The van der Waals surface area contributed by atoms with Gasteiger partial charge in [-0.3, -0.25) is 9.98 Å². The lowest BCUT2D eigenvalue weighted by Gasteiger charge is -2.18. The molecule has 4 heteroatoms. The van der Waals surface area contributed by atoms with E-state index < -0.39 is 0 Å². The highest BCUT2D eigenvalue weighted by Crippen LogP contribution is 2.34. The highest BCUT2D eigenvalue weighted by Gasteiger charge is 2.13. The molecule has 0 atom stereocenters. The number of likely N-dealkylation sites (N-methyl/N-ethyl adjacent to an activating group) is 2. The van der Waals surface area contributed by atoms with E-state index in [9.17, 15) is 0 Å². The van der Waals surface area contributed by atoms with Crippen molar-refractivity contribution in [3.8, 4) is 0 Å². The number of nitrogens with zero attached hydrogens (tertiary/aromatic N) is 4. The summed E-state index contributed by atoms with van der Waals surface area (Å²) in [4.78, 5) is 14.4. The second-order valence-electron chi connectivity index (χ2n) is 8.84. The maximum absolute atomic E-state index is 5.05. The molecule has 0 heterocycles. The van der Waals surface area contributed by atoms with Crippen LogP contribution in [0.2, 0.25) is 0 Å². The van der Waals surface area contributed by atoms with Gasteiger partial charge < -0.3 is 9.80 Å². The monoisotopic (exact) mass is 386 g/mol. The van der Waals surface area contributed by atoms with Crippen LogP contribution < -0.4 is 0 Å². The van der Waals surface area contributed by atoms with Crippen LogP contribution in [-0.4, -0.2) is 68.5 Å². The Morgan fingerprint density at radius 3 is 1.93 bits per heavy atom. The standard InChI is InChI=1S/C24H42N4/c1-18(2)22-11-10-12-23(19(3)4)24(22)26-21(6)17-20(5)25-13-14-28(9)16-15-27(7)8/h10-12,18-19H,13-17H2,1-9H3. The van der Waals surface area contributed by atoms with Gasteiger partial charge in [0.1, 0.15) is 0 Å². The van der Waals surface area contributed by atoms with Crippen molar-refractivity contribution in [2.24, 2.45) is 9.98 Å². The molecule has 0 aliphatic rings. The van der Waals surface area contributed by atoms with Gasteiger partial charge >= 0.3 is 0 Å². The molecule has 0 aromatic heterocycles. The second kappa shape index (κ2) is 12.1. The van der Waals surface area contributed by atoms with E-state index >= 15 is 0 Å². The van der Waals surface area contributed by atoms with Gasteiger partial charge in [0.2, 0.25) is 0 Å². The molecule has 0 N–H and O–H groups in total. The molecule has 158 valence electrons. The molecule has 28 heavy (non-hydrogen) atoms. The maximum Gasteiger partial charge on any atom is 0.0698 e. The van der Waals surface area contributed by atoms with E-state index in [2.05, 4.69) is 90.7 Å². The highest BCUT2D eigenvalue weighted by molar-refractivity contribution is 6.03. The zero-order chi connectivity index (χ0) is 21.3. The van der Waals surface area contributed by atoms with Gasteiger partial charge in [-0.1, -0.05) is 45.9 Å². The van der Waals surface area contributed by atoms with Gasteiger partial charge in [0, 0.05) is 37.5 Å². The van der Waals surface area contributed by atoms with Crippen LogP contribution in [0.1, 0.15) is 70.9 Å². The fourth-order valence-corrected chi connectivity index (χ4v) is 3.19. The molecular weight excluding hydrogens is 344 g/mol. The molecule has 0 amide bonds. The average Bonchev–Trinajstić information content (AvgIpc) is 2.59. The van der Waals surface area contributed by atoms with Gasteiger partial charge in [-0.05, 0) is 58.0 Å². The van der Waals surface area contributed by atoms with Gasteiger partial charge in [0.25, 0.3) is 0 Å². The van der Waals surface area contributed by atoms with Crippen molar-refractivity contribution in [3.05, 3.63) is 29.3 Å². The van der Waals surface area contributed by atoms with Gasteiger partial charge in [-0.2, -0.15) is 0 Å². The van der Waals surface area contributed by atoms with E-state index in [1.807, 2.05) is 0 Å². The third kappa shape index (κ3) is 8.66. The molecule has 0 aliphatic carbocycles. The Morgan fingerprint density at radius 1 is 0.857 bits per heavy atom. The molecule has 0 fully saturated rings. The molecule has 0 saturated carbocycles. The van der Waals surface area contributed by atoms with Crippen LogP contribution in [0.3, 0.4) is 0 Å². The van der Waals surface area contributed by atoms with Crippen molar-refractivity contribution < 1.29 is 0 Å². The molecule has 1 rings (SSSR count). The predicted molar refractivity (Wildman–Crippen MR) is 126 cm³/mol. The van der Waals surface area contributed by atoms with Gasteiger partial charge in [-0.25, -0.2) is 0 Å². The number of benzene rings is 1. The van der Waals surface area contributed by atoms with Crippen LogP contribution in [0.15, 0.2) is 28.2 Å². The van der Waals surface area contributed by atoms with Crippen molar-refractivity contribution in [1.29, 1.82) is 0 Å². The van der Waals surface area contributed by atoms with Gasteiger partial charge in [0.05, 0.1) is 12.2 Å². The van der Waals surface area contributed by atoms with E-state index in [0.29, 0.717) is 11.8 Å². The van der Waals surface area contributed by atoms with Gasteiger partial charge in [0.15, 0.2) is 0 Å². The van der Waals surface area contributed by atoms with Crippen LogP contribution in [-0.2, 0) is 0 Å². The lowest BCUT2D eigenvalue weighted by Crippen LogP contribution is -2.30.